The van der Waals surface area contributed by atoms with Crippen LogP contribution in [0.3, 0.4) is 0 Å². The lowest BCUT2D eigenvalue weighted by atomic mass is 9.86. The van der Waals surface area contributed by atoms with Gasteiger partial charge in [-0.1, -0.05) is 65.0 Å². The molecule has 0 aliphatic heterocycles. The Labute approximate surface area is 131 Å². The maximum atomic E-state index is 5.96. The van der Waals surface area contributed by atoms with Crippen LogP contribution in [-0.4, -0.2) is 0 Å². The summed E-state index contributed by atoms with van der Waals surface area (Å²) in [6.45, 7) is 4.21. The largest absolute Gasteiger partial charge is 0.456 e. The summed E-state index contributed by atoms with van der Waals surface area (Å²) < 4.78 is 7.02. The average molecular weight is 337 g/mol. The van der Waals surface area contributed by atoms with Crippen molar-refractivity contribution in [3.63, 3.8) is 0 Å². The lowest BCUT2D eigenvalue weighted by Crippen LogP contribution is -2.01. The van der Waals surface area contributed by atoms with Crippen LogP contribution in [0, 0.1) is 0 Å². The highest BCUT2D eigenvalue weighted by Crippen LogP contribution is 2.39. The van der Waals surface area contributed by atoms with Crippen LogP contribution in [0.1, 0.15) is 11.5 Å². The van der Waals surface area contributed by atoms with E-state index in [0.717, 1.165) is 26.6 Å². The highest BCUT2D eigenvalue weighted by atomic mass is 79.9. The second-order valence-corrected chi connectivity index (χ2v) is 6.18. The minimum absolute atomic E-state index is 0.191. The van der Waals surface area contributed by atoms with Crippen LogP contribution < -0.4 is 0 Å². The lowest BCUT2D eigenvalue weighted by molar-refractivity contribution is 0.668. The average Bonchev–Trinajstić information content (AvgIpc) is 2.86. The fourth-order valence-corrected chi connectivity index (χ4v) is 3.44. The fraction of sp³-hybridized carbons (Fsp3) is 0.0526. The first kappa shape index (κ1) is 12.7. The van der Waals surface area contributed by atoms with E-state index >= 15 is 0 Å². The highest BCUT2D eigenvalue weighted by Gasteiger charge is 2.19. The molecule has 1 atom stereocenters. The first-order valence-corrected chi connectivity index (χ1v) is 7.68. The topological polar surface area (TPSA) is 13.1 Å². The molecule has 1 aliphatic carbocycles. The molecule has 0 amide bonds. The summed E-state index contributed by atoms with van der Waals surface area (Å²) in [4.78, 5) is 0. The summed E-state index contributed by atoms with van der Waals surface area (Å²) >= 11 is 3.51. The van der Waals surface area contributed by atoms with Crippen LogP contribution >= 0.6 is 15.9 Å². The molecule has 0 N–H and O–H groups in total. The number of para-hydroxylation sites is 1. The Morgan fingerprint density at radius 3 is 2.67 bits per heavy atom. The zero-order chi connectivity index (χ0) is 14.4. The zero-order valence-electron chi connectivity index (χ0n) is 11.3. The normalized spacial score (nSPS) is 18.4. The van der Waals surface area contributed by atoms with Crippen molar-refractivity contribution in [2.75, 3.05) is 0 Å². The van der Waals surface area contributed by atoms with E-state index in [1.165, 1.54) is 10.9 Å². The van der Waals surface area contributed by atoms with Gasteiger partial charge in [0.2, 0.25) is 0 Å². The van der Waals surface area contributed by atoms with Gasteiger partial charge < -0.3 is 4.42 Å². The number of allylic oxidation sites excluding steroid dienone is 5. The van der Waals surface area contributed by atoms with E-state index in [4.69, 9.17) is 4.42 Å². The molecular formula is C19H13BrO. The van der Waals surface area contributed by atoms with Crippen molar-refractivity contribution < 1.29 is 4.42 Å². The Hall–Kier alpha value is -2.06. The maximum Gasteiger partial charge on any atom is 0.135 e. The van der Waals surface area contributed by atoms with Gasteiger partial charge in [0.1, 0.15) is 11.2 Å². The quantitative estimate of drug-likeness (QED) is 0.525. The van der Waals surface area contributed by atoms with Gasteiger partial charge in [-0.25, -0.2) is 0 Å². The van der Waals surface area contributed by atoms with Gasteiger partial charge in [0, 0.05) is 21.2 Å². The van der Waals surface area contributed by atoms with Gasteiger partial charge in [0.15, 0.2) is 0 Å². The van der Waals surface area contributed by atoms with Crippen molar-refractivity contribution in [1.29, 1.82) is 0 Å². The molecule has 21 heavy (non-hydrogen) atoms. The van der Waals surface area contributed by atoms with Crippen molar-refractivity contribution >= 4 is 37.9 Å². The van der Waals surface area contributed by atoms with E-state index in [-0.39, 0.29) is 5.92 Å². The monoisotopic (exact) mass is 336 g/mol. The van der Waals surface area contributed by atoms with Gasteiger partial charge in [-0.15, -0.1) is 0 Å². The number of fused-ring (bicyclic) bond motifs is 3. The second-order valence-electron chi connectivity index (χ2n) is 5.26. The van der Waals surface area contributed by atoms with Crippen molar-refractivity contribution in [2.24, 2.45) is 0 Å². The second kappa shape index (κ2) is 4.74. The fourth-order valence-electron chi connectivity index (χ4n) is 2.99. The molecular weight excluding hydrogens is 324 g/mol. The van der Waals surface area contributed by atoms with Gasteiger partial charge in [0.05, 0.1) is 0 Å². The van der Waals surface area contributed by atoms with E-state index in [0.29, 0.717) is 0 Å². The van der Waals surface area contributed by atoms with Crippen LogP contribution in [0.25, 0.3) is 21.9 Å². The molecule has 1 unspecified atom stereocenters. The summed E-state index contributed by atoms with van der Waals surface area (Å²) in [6.07, 6.45) is 6.34. The first-order chi connectivity index (χ1) is 10.2. The number of hydrogen-bond acceptors (Lipinski definition) is 1. The van der Waals surface area contributed by atoms with Crippen molar-refractivity contribution in [3.05, 3.63) is 82.9 Å². The molecule has 0 fully saturated rings. The van der Waals surface area contributed by atoms with E-state index in [1.807, 2.05) is 18.2 Å². The van der Waals surface area contributed by atoms with E-state index in [2.05, 4.69) is 65.0 Å². The SMILES string of the molecule is C=C1C=C(Br)C=CC1c1cccc2oc3ccccc3c12. The molecule has 2 heteroatoms. The van der Waals surface area contributed by atoms with Gasteiger partial charge in [-0.3, -0.25) is 0 Å². The molecule has 3 aromatic rings. The Balaban J connectivity index is 2.01. The Kier molecular flexibility index (Phi) is 2.86. The molecule has 2 aromatic carbocycles. The Morgan fingerprint density at radius 1 is 1.00 bits per heavy atom. The number of rotatable bonds is 1. The molecule has 1 nitrogen and oxygen atoms in total. The molecule has 1 aromatic heterocycles. The molecule has 4 rings (SSSR count). The predicted octanol–water partition coefficient (Wildman–Crippen LogP) is 6.07. The molecule has 102 valence electrons. The lowest BCUT2D eigenvalue weighted by Gasteiger charge is -2.18. The van der Waals surface area contributed by atoms with Crippen LogP contribution in [-0.2, 0) is 0 Å². The molecule has 0 bridgehead atoms. The summed E-state index contributed by atoms with van der Waals surface area (Å²) in [5, 5.41) is 2.35. The molecule has 0 saturated heterocycles. The molecule has 0 radical (unpaired) electrons. The standard InChI is InChI=1S/C19H13BrO/c1-12-11-13(20)9-10-14(12)15-6-4-8-18-19(15)16-5-2-3-7-17(16)21-18/h2-11,14H,1H2. The van der Waals surface area contributed by atoms with Crippen LogP contribution in [0.15, 0.2) is 81.7 Å². The molecule has 0 spiro atoms. The van der Waals surface area contributed by atoms with Crippen molar-refractivity contribution in [1.82, 2.24) is 0 Å². The first-order valence-electron chi connectivity index (χ1n) is 6.88. The summed E-state index contributed by atoms with van der Waals surface area (Å²) in [5.41, 5.74) is 4.20. The van der Waals surface area contributed by atoms with Crippen LogP contribution in [0.2, 0.25) is 0 Å². The molecule has 0 saturated carbocycles. The van der Waals surface area contributed by atoms with E-state index in [1.54, 1.807) is 0 Å². The third-order valence-corrected chi connectivity index (χ3v) is 4.43. The van der Waals surface area contributed by atoms with Crippen LogP contribution in [0.5, 0.6) is 0 Å². The number of halogens is 1. The number of furan rings is 1. The van der Waals surface area contributed by atoms with Gasteiger partial charge in [-0.05, 0) is 29.3 Å². The minimum Gasteiger partial charge on any atom is -0.456 e. The summed E-state index contributed by atoms with van der Waals surface area (Å²) in [7, 11) is 0. The van der Waals surface area contributed by atoms with Crippen molar-refractivity contribution in [2.45, 2.75) is 5.92 Å². The molecule has 1 aliphatic rings. The maximum absolute atomic E-state index is 5.96. The Morgan fingerprint density at radius 2 is 1.81 bits per heavy atom. The third-order valence-electron chi connectivity index (χ3n) is 3.94. The smallest absolute Gasteiger partial charge is 0.135 e. The van der Waals surface area contributed by atoms with E-state index < -0.39 is 0 Å². The molecule has 1 heterocycles. The number of hydrogen-bond donors (Lipinski definition) is 0. The van der Waals surface area contributed by atoms with E-state index in [9.17, 15) is 0 Å². The third kappa shape index (κ3) is 1.98. The van der Waals surface area contributed by atoms with Crippen LogP contribution in [0.4, 0.5) is 0 Å². The minimum atomic E-state index is 0.191. The predicted molar refractivity (Wildman–Crippen MR) is 91.8 cm³/mol. The number of benzene rings is 2. The van der Waals surface area contributed by atoms with Gasteiger partial charge in [0.25, 0.3) is 0 Å². The summed E-state index contributed by atoms with van der Waals surface area (Å²) in [6, 6.07) is 14.4. The summed E-state index contributed by atoms with van der Waals surface area (Å²) in [5.74, 6) is 0.191. The highest BCUT2D eigenvalue weighted by molar-refractivity contribution is 9.11. The van der Waals surface area contributed by atoms with Gasteiger partial charge >= 0.3 is 0 Å². The van der Waals surface area contributed by atoms with Crippen molar-refractivity contribution in [3.8, 4) is 0 Å². The zero-order valence-corrected chi connectivity index (χ0v) is 12.9. The Bertz CT molecular complexity index is 927. The van der Waals surface area contributed by atoms with Gasteiger partial charge in [-0.2, -0.15) is 0 Å².